The molecule has 0 spiro atoms. The molecule has 0 bridgehead atoms. The molecule has 0 aliphatic carbocycles. The fourth-order valence-electron chi connectivity index (χ4n) is 2.04. The van der Waals surface area contributed by atoms with Gasteiger partial charge in [-0.2, -0.15) is 0 Å². The zero-order chi connectivity index (χ0) is 16.0. The summed E-state index contributed by atoms with van der Waals surface area (Å²) in [7, 11) is 1.73. The molecule has 0 amide bonds. The normalized spacial score (nSPS) is 11.5. The number of hydrogen-bond acceptors (Lipinski definition) is 2. The van der Waals surface area contributed by atoms with Crippen molar-refractivity contribution >= 4 is 5.96 Å². The van der Waals surface area contributed by atoms with Gasteiger partial charge >= 0.3 is 0 Å². The number of unbranched alkanes of at least 4 members (excludes halogenated alkanes) is 2. The summed E-state index contributed by atoms with van der Waals surface area (Å²) >= 11 is 0. The molecule has 0 unspecified atom stereocenters. The van der Waals surface area contributed by atoms with Gasteiger partial charge in [0.1, 0.15) is 5.82 Å². The number of nitrogens with one attached hydrogen (secondary N) is 2. The van der Waals surface area contributed by atoms with Crippen molar-refractivity contribution in [2.75, 3.05) is 33.4 Å². The van der Waals surface area contributed by atoms with Gasteiger partial charge in [-0.25, -0.2) is 4.39 Å². The third-order valence-electron chi connectivity index (χ3n) is 3.24. The predicted octanol–water partition coefficient (Wildman–Crippen LogP) is 2.74. The van der Waals surface area contributed by atoms with Gasteiger partial charge in [0.25, 0.3) is 0 Å². The first-order chi connectivity index (χ1) is 10.8. The van der Waals surface area contributed by atoms with Crippen LogP contribution in [-0.4, -0.2) is 39.3 Å². The van der Waals surface area contributed by atoms with Gasteiger partial charge in [-0.1, -0.05) is 12.1 Å². The molecule has 5 heteroatoms. The number of ether oxygens (including phenoxy) is 1. The Morgan fingerprint density at radius 1 is 1.14 bits per heavy atom. The number of rotatable bonds is 10. The topological polar surface area (TPSA) is 45.7 Å². The van der Waals surface area contributed by atoms with Crippen LogP contribution < -0.4 is 10.6 Å². The number of nitrogens with zero attached hydrogens (tertiary/aromatic N) is 1. The Labute approximate surface area is 133 Å². The Hall–Kier alpha value is -1.62. The highest BCUT2D eigenvalue weighted by Gasteiger charge is 1.98. The van der Waals surface area contributed by atoms with E-state index in [4.69, 9.17) is 4.74 Å². The fraction of sp³-hybridized carbons (Fsp3) is 0.588. The second kappa shape index (κ2) is 12.0. The van der Waals surface area contributed by atoms with Crippen LogP contribution in [0.3, 0.4) is 0 Å². The van der Waals surface area contributed by atoms with E-state index in [0.29, 0.717) is 0 Å². The molecule has 0 radical (unpaired) electrons. The van der Waals surface area contributed by atoms with E-state index < -0.39 is 0 Å². The van der Waals surface area contributed by atoms with Crippen molar-refractivity contribution in [3.05, 3.63) is 35.6 Å². The molecule has 0 aromatic heterocycles. The van der Waals surface area contributed by atoms with Gasteiger partial charge in [0.2, 0.25) is 0 Å². The van der Waals surface area contributed by atoms with E-state index in [1.54, 1.807) is 7.11 Å². The number of halogens is 1. The number of benzene rings is 1. The first-order valence-electron chi connectivity index (χ1n) is 8.01. The SMILES string of the molecule is CCNC(=NCCCCCOC)NCCc1ccc(F)cc1. The highest BCUT2D eigenvalue weighted by atomic mass is 19.1. The van der Waals surface area contributed by atoms with Crippen molar-refractivity contribution in [3.63, 3.8) is 0 Å². The summed E-state index contributed by atoms with van der Waals surface area (Å²) in [4.78, 5) is 4.55. The molecule has 0 fully saturated rings. The van der Waals surface area contributed by atoms with Crippen molar-refractivity contribution < 1.29 is 9.13 Å². The lowest BCUT2D eigenvalue weighted by Crippen LogP contribution is -2.38. The first kappa shape index (κ1) is 18.4. The molecule has 0 atom stereocenters. The monoisotopic (exact) mass is 309 g/mol. The van der Waals surface area contributed by atoms with Crippen LogP contribution in [0.1, 0.15) is 31.7 Å². The maximum atomic E-state index is 12.8. The van der Waals surface area contributed by atoms with Crippen LogP contribution in [0.15, 0.2) is 29.3 Å². The van der Waals surface area contributed by atoms with E-state index in [1.165, 1.54) is 12.1 Å². The van der Waals surface area contributed by atoms with Crippen molar-refractivity contribution in [2.45, 2.75) is 32.6 Å². The lowest BCUT2D eigenvalue weighted by molar-refractivity contribution is 0.192. The molecule has 124 valence electrons. The van der Waals surface area contributed by atoms with Crippen LogP contribution in [0, 0.1) is 5.82 Å². The molecular formula is C17H28FN3O. The molecular weight excluding hydrogens is 281 g/mol. The standard InChI is InChI=1S/C17H28FN3O/c1-3-19-17(20-12-5-4-6-14-22-2)21-13-11-15-7-9-16(18)10-8-15/h7-10H,3-6,11-14H2,1-2H3,(H2,19,20,21). The number of guanidine groups is 1. The largest absolute Gasteiger partial charge is 0.385 e. The minimum Gasteiger partial charge on any atom is -0.385 e. The molecule has 1 aromatic carbocycles. The lowest BCUT2D eigenvalue weighted by Gasteiger charge is -2.11. The summed E-state index contributed by atoms with van der Waals surface area (Å²) in [6, 6.07) is 6.62. The average molecular weight is 309 g/mol. The van der Waals surface area contributed by atoms with E-state index in [9.17, 15) is 4.39 Å². The van der Waals surface area contributed by atoms with Crippen LogP contribution in [0.2, 0.25) is 0 Å². The first-order valence-corrected chi connectivity index (χ1v) is 8.01. The van der Waals surface area contributed by atoms with Crippen LogP contribution in [0.4, 0.5) is 4.39 Å². The van der Waals surface area contributed by atoms with Crippen LogP contribution in [-0.2, 0) is 11.2 Å². The van der Waals surface area contributed by atoms with Crippen LogP contribution in [0.25, 0.3) is 0 Å². The van der Waals surface area contributed by atoms with Gasteiger partial charge in [0.05, 0.1) is 0 Å². The van der Waals surface area contributed by atoms with Crippen LogP contribution in [0.5, 0.6) is 0 Å². The summed E-state index contributed by atoms with van der Waals surface area (Å²) in [6.45, 7) is 5.30. The Bertz CT molecular complexity index is 420. The highest BCUT2D eigenvalue weighted by Crippen LogP contribution is 2.02. The number of hydrogen-bond donors (Lipinski definition) is 2. The van der Waals surface area contributed by atoms with Gasteiger partial charge in [-0.15, -0.1) is 0 Å². The summed E-state index contributed by atoms with van der Waals surface area (Å²) in [5.74, 6) is 0.649. The summed E-state index contributed by atoms with van der Waals surface area (Å²) in [5, 5.41) is 6.54. The minimum atomic E-state index is -0.194. The third-order valence-corrected chi connectivity index (χ3v) is 3.24. The van der Waals surface area contributed by atoms with Gasteiger partial charge in [0.15, 0.2) is 5.96 Å². The zero-order valence-electron chi connectivity index (χ0n) is 13.7. The summed E-state index contributed by atoms with van der Waals surface area (Å²) < 4.78 is 17.9. The van der Waals surface area contributed by atoms with Gasteiger partial charge in [0, 0.05) is 33.4 Å². The Balaban J connectivity index is 2.25. The summed E-state index contributed by atoms with van der Waals surface area (Å²) in [5.41, 5.74) is 1.12. The number of methoxy groups -OCH3 is 1. The molecule has 1 rings (SSSR count). The van der Waals surface area contributed by atoms with Crippen molar-refractivity contribution in [1.29, 1.82) is 0 Å². The molecule has 0 heterocycles. The molecule has 0 aliphatic rings. The molecule has 0 aliphatic heterocycles. The molecule has 0 saturated carbocycles. The minimum absolute atomic E-state index is 0.194. The average Bonchev–Trinajstić information content (AvgIpc) is 2.52. The van der Waals surface area contributed by atoms with Crippen molar-refractivity contribution in [3.8, 4) is 0 Å². The molecule has 4 nitrogen and oxygen atoms in total. The second-order valence-electron chi connectivity index (χ2n) is 5.12. The lowest BCUT2D eigenvalue weighted by atomic mass is 10.1. The third kappa shape index (κ3) is 8.62. The summed E-state index contributed by atoms with van der Waals surface area (Å²) in [6.07, 6.45) is 4.13. The maximum absolute atomic E-state index is 12.8. The van der Waals surface area contributed by atoms with Crippen molar-refractivity contribution in [2.24, 2.45) is 4.99 Å². The number of aliphatic imine (C=N–C) groups is 1. The van der Waals surface area contributed by atoms with Gasteiger partial charge < -0.3 is 15.4 Å². The fourth-order valence-corrected chi connectivity index (χ4v) is 2.04. The maximum Gasteiger partial charge on any atom is 0.191 e. The molecule has 22 heavy (non-hydrogen) atoms. The van der Waals surface area contributed by atoms with E-state index in [2.05, 4.69) is 22.5 Å². The van der Waals surface area contributed by atoms with Gasteiger partial charge in [-0.05, 0) is 50.3 Å². The Morgan fingerprint density at radius 3 is 2.59 bits per heavy atom. The molecule has 0 saturated heterocycles. The van der Waals surface area contributed by atoms with Crippen molar-refractivity contribution in [1.82, 2.24) is 10.6 Å². The smallest absolute Gasteiger partial charge is 0.191 e. The zero-order valence-corrected chi connectivity index (χ0v) is 13.7. The van der Waals surface area contributed by atoms with E-state index >= 15 is 0 Å². The highest BCUT2D eigenvalue weighted by molar-refractivity contribution is 5.79. The van der Waals surface area contributed by atoms with E-state index in [1.807, 2.05) is 12.1 Å². The Morgan fingerprint density at radius 2 is 1.91 bits per heavy atom. The second-order valence-corrected chi connectivity index (χ2v) is 5.12. The van der Waals surface area contributed by atoms with E-state index in [-0.39, 0.29) is 5.82 Å². The molecule has 2 N–H and O–H groups in total. The van der Waals surface area contributed by atoms with Gasteiger partial charge in [-0.3, -0.25) is 4.99 Å². The predicted molar refractivity (Wildman–Crippen MR) is 89.8 cm³/mol. The van der Waals surface area contributed by atoms with E-state index in [0.717, 1.165) is 63.4 Å². The Kier molecular flexibility index (Phi) is 10.0. The quantitative estimate of drug-likeness (QED) is 0.397. The molecule has 1 aromatic rings. The van der Waals surface area contributed by atoms with Crippen LogP contribution >= 0.6 is 0 Å².